The van der Waals surface area contributed by atoms with E-state index in [1.54, 1.807) is 12.1 Å². The van der Waals surface area contributed by atoms with Gasteiger partial charge in [0, 0.05) is 49.4 Å². The fourth-order valence-electron chi connectivity index (χ4n) is 3.34. The summed E-state index contributed by atoms with van der Waals surface area (Å²) in [6, 6.07) is 7.11. The van der Waals surface area contributed by atoms with Crippen molar-refractivity contribution in [3.63, 3.8) is 0 Å². The number of hydrogen-bond acceptors (Lipinski definition) is 7. The smallest absolute Gasteiger partial charge is 0.239 e. The van der Waals surface area contributed by atoms with Gasteiger partial charge in [-0.3, -0.25) is 0 Å². The summed E-state index contributed by atoms with van der Waals surface area (Å²) in [6.45, 7) is 4.94. The number of ether oxygens (including phenoxy) is 1. The predicted octanol–water partition coefficient (Wildman–Crippen LogP) is 2.59. The molecule has 0 saturated carbocycles. The molecule has 1 atom stereocenters. The van der Waals surface area contributed by atoms with Gasteiger partial charge in [0.2, 0.25) is 11.1 Å². The van der Waals surface area contributed by atoms with Gasteiger partial charge in [0.05, 0.1) is 13.2 Å². The van der Waals surface area contributed by atoms with Crippen LogP contribution in [0.1, 0.15) is 12.8 Å². The summed E-state index contributed by atoms with van der Waals surface area (Å²) in [6.07, 6.45) is 2.15. The molecule has 3 heterocycles. The lowest BCUT2D eigenvalue weighted by molar-refractivity contribution is 0.122. The van der Waals surface area contributed by atoms with Gasteiger partial charge in [-0.1, -0.05) is 6.07 Å². The maximum atomic E-state index is 13.5. The normalized spacial score (nSPS) is 21.4. The van der Waals surface area contributed by atoms with E-state index in [9.17, 15) is 4.39 Å². The number of morpholine rings is 1. The molecule has 2 aromatic rings. The van der Waals surface area contributed by atoms with Crippen LogP contribution in [0.3, 0.4) is 0 Å². The summed E-state index contributed by atoms with van der Waals surface area (Å²) in [5, 5.41) is 4.36. The molecule has 0 unspecified atom stereocenters. The lowest BCUT2D eigenvalue weighted by atomic mass is 10.1. The highest BCUT2D eigenvalue weighted by molar-refractivity contribution is 7.09. The van der Waals surface area contributed by atoms with Gasteiger partial charge in [-0.05, 0) is 31.0 Å². The Balaban J connectivity index is 1.38. The van der Waals surface area contributed by atoms with Crippen LogP contribution in [0, 0.1) is 5.82 Å². The maximum absolute atomic E-state index is 13.5. The Morgan fingerprint density at radius 1 is 1.20 bits per heavy atom. The molecular weight excluding hydrogens is 341 g/mol. The second kappa shape index (κ2) is 7.53. The van der Waals surface area contributed by atoms with Crippen LogP contribution < -0.4 is 15.1 Å². The topological polar surface area (TPSA) is 53.5 Å². The third-order valence-corrected chi connectivity index (χ3v) is 5.27. The number of nitrogens with one attached hydrogen (secondary N) is 1. The molecule has 8 heteroatoms. The van der Waals surface area contributed by atoms with E-state index in [-0.39, 0.29) is 5.82 Å². The van der Waals surface area contributed by atoms with Crippen LogP contribution in [-0.4, -0.2) is 54.8 Å². The van der Waals surface area contributed by atoms with Crippen molar-refractivity contribution in [3.05, 3.63) is 30.1 Å². The van der Waals surface area contributed by atoms with Crippen molar-refractivity contribution in [3.8, 4) is 0 Å². The Labute approximate surface area is 150 Å². The number of hydrogen-bond donors (Lipinski definition) is 1. The van der Waals surface area contributed by atoms with Crippen LogP contribution in [0.4, 0.5) is 21.2 Å². The van der Waals surface area contributed by atoms with Crippen LogP contribution in [0.15, 0.2) is 24.3 Å². The molecule has 134 valence electrons. The molecule has 1 aromatic heterocycles. The highest BCUT2D eigenvalue weighted by atomic mass is 32.1. The molecule has 25 heavy (non-hydrogen) atoms. The van der Waals surface area contributed by atoms with Crippen molar-refractivity contribution >= 4 is 28.3 Å². The molecule has 4 rings (SSSR count). The Hall–Kier alpha value is -1.93. The average molecular weight is 363 g/mol. The van der Waals surface area contributed by atoms with Gasteiger partial charge < -0.3 is 19.9 Å². The summed E-state index contributed by atoms with van der Waals surface area (Å²) in [4.78, 5) is 9.02. The number of aromatic nitrogens is 2. The van der Waals surface area contributed by atoms with E-state index in [0.29, 0.717) is 6.04 Å². The molecule has 1 N–H and O–H groups in total. The van der Waals surface area contributed by atoms with Crippen LogP contribution in [0.25, 0.3) is 0 Å². The monoisotopic (exact) mass is 363 g/mol. The first kappa shape index (κ1) is 16.5. The maximum Gasteiger partial charge on any atom is 0.239 e. The molecular formula is C17H22FN5OS. The Morgan fingerprint density at radius 2 is 2.08 bits per heavy atom. The number of anilines is 3. The first-order valence-electron chi connectivity index (χ1n) is 8.71. The van der Waals surface area contributed by atoms with E-state index in [1.807, 2.05) is 6.07 Å². The zero-order valence-electron chi connectivity index (χ0n) is 14.0. The van der Waals surface area contributed by atoms with Crippen LogP contribution in [0.5, 0.6) is 0 Å². The molecule has 1 aromatic carbocycles. The Bertz CT molecular complexity index is 706. The van der Waals surface area contributed by atoms with Gasteiger partial charge in [0.25, 0.3) is 0 Å². The molecule has 0 amide bonds. The molecule has 0 aliphatic carbocycles. The average Bonchev–Trinajstić information content (AvgIpc) is 3.11. The van der Waals surface area contributed by atoms with E-state index in [0.717, 1.165) is 69.0 Å². The summed E-state index contributed by atoms with van der Waals surface area (Å²) < 4.78 is 23.3. The molecule has 0 bridgehead atoms. The number of halogens is 1. The fourth-order valence-corrected chi connectivity index (χ4v) is 4.01. The van der Waals surface area contributed by atoms with Crippen molar-refractivity contribution in [1.29, 1.82) is 0 Å². The zero-order valence-corrected chi connectivity index (χ0v) is 14.8. The van der Waals surface area contributed by atoms with Crippen molar-refractivity contribution in [2.75, 3.05) is 54.5 Å². The van der Waals surface area contributed by atoms with Crippen LogP contribution in [0.2, 0.25) is 0 Å². The second-order valence-corrected chi connectivity index (χ2v) is 7.16. The molecule has 0 radical (unpaired) electrons. The summed E-state index contributed by atoms with van der Waals surface area (Å²) in [5.74, 6) is 0.598. The summed E-state index contributed by atoms with van der Waals surface area (Å²) in [5.41, 5.74) is 0.942. The lowest BCUT2D eigenvalue weighted by Crippen LogP contribution is -2.42. The van der Waals surface area contributed by atoms with Gasteiger partial charge in [-0.15, -0.1) is 0 Å². The summed E-state index contributed by atoms with van der Waals surface area (Å²) >= 11 is 1.40. The van der Waals surface area contributed by atoms with E-state index in [1.165, 1.54) is 17.6 Å². The van der Waals surface area contributed by atoms with Crippen molar-refractivity contribution in [2.24, 2.45) is 0 Å². The predicted molar refractivity (Wildman–Crippen MR) is 98.2 cm³/mol. The van der Waals surface area contributed by atoms with Gasteiger partial charge in [0.15, 0.2) is 0 Å². The molecule has 2 aliphatic heterocycles. The second-order valence-electron chi connectivity index (χ2n) is 6.41. The van der Waals surface area contributed by atoms with E-state index >= 15 is 0 Å². The van der Waals surface area contributed by atoms with Gasteiger partial charge in [0.1, 0.15) is 5.82 Å². The van der Waals surface area contributed by atoms with Crippen LogP contribution >= 0.6 is 11.5 Å². The minimum Gasteiger partial charge on any atom is -0.378 e. The standard InChI is InChI=1S/C17H22FN5OS/c18-13-3-1-5-15(11-13)23-6-2-4-14(12-23)19-17-20-16(21-25-17)22-7-9-24-10-8-22/h1,3,5,11,14H,2,4,6-10,12H2,(H,19,20,21)/t14-/m1/s1. The zero-order chi connectivity index (χ0) is 17.1. The Morgan fingerprint density at radius 3 is 2.92 bits per heavy atom. The third kappa shape index (κ3) is 4.01. The van der Waals surface area contributed by atoms with Crippen molar-refractivity contribution in [2.45, 2.75) is 18.9 Å². The number of benzene rings is 1. The van der Waals surface area contributed by atoms with Crippen molar-refractivity contribution in [1.82, 2.24) is 9.36 Å². The minimum absolute atomic E-state index is 0.188. The quantitative estimate of drug-likeness (QED) is 0.901. The highest BCUT2D eigenvalue weighted by Crippen LogP contribution is 2.25. The first-order valence-corrected chi connectivity index (χ1v) is 9.49. The third-order valence-electron chi connectivity index (χ3n) is 4.63. The molecule has 2 fully saturated rings. The number of rotatable bonds is 4. The van der Waals surface area contributed by atoms with Gasteiger partial charge in [-0.25, -0.2) is 4.39 Å². The number of nitrogens with zero attached hydrogens (tertiary/aromatic N) is 4. The Kier molecular flexibility index (Phi) is 4.98. The van der Waals surface area contributed by atoms with Crippen LogP contribution in [-0.2, 0) is 4.74 Å². The van der Waals surface area contributed by atoms with Gasteiger partial charge in [-0.2, -0.15) is 9.36 Å². The minimum atomic E-state index is -0.188. The first-order chi connectivity index (χ1) is 12.3. The number of piperidine rings is 1. The largest absolute Gasteiger partial charge is 0.378 e. The molecule has 2 saturated heterocycles. The molecule has 0 spiro atoms. The van der Waals surface area contributed by atoms with E-state index in [4.69, 9.17) is 4.74 Å². The van der Waals surface area contributed by atoms with Crippen molar-refractivity contribution < 1.29 is 9.13 Å². The summed E-state index contributed by atoms with van der Waals surface area (Å²) in [7, 11) is 0. The molecule has 6 nitrogen and oxygen atoms in total. The van der Waals surface area contributed by atoms with Gasteiger partial charge >= 0.3 is 0 Å². The molecule has 2 aliphatic rings. The van der Waals surface area contributed by atoms with E-state index in [2.05, 4.69) is 24.5 Å². The van der Waals surface area contributed by atoms with E-state index < -0.39 is 0 Å². The highest BCUT2D eigenvalue weighted by Gasteiger charge is 2.22. The fraction of sp³-hybridized carbons (Fsp3) is 0.529. The SMILES string of the molecule is Fc1cccc(N2CCC[C@@H](Nc3nc(N4CCOCC4)ns3)C2)c1. The lowest BCUT2D eigenvalue weighted by Gasteiger charge is -2.34.